The molecule has 72 valence electrons. The van der Waals surface area contributed by atoms with E-state index in [-0.39, 0.29) is 10.8 Å². The Balaban J connectivity index is 2.43. The molecule has 0 aliphatic carbocycles. The van der Waals surface area contributed by atoms with Gasteiger partial charge in [-0.1, -0.05) is 11.6 Å². The van der Waals surface area contributed by atoms with E-state index in [0.717, 1.165) is 0 Å². The molecule has 0 unspecified atom stereocenters. The van der Waals surface area contributed by atoms with Crippen LogP contribution in [0.15, 0.2) is 24.5 Å². The zero-order valence-corrected chi connectivity index (χ0v) is 7.84. The van der Waals surface area contributed by atoms with E-state index in [9.17, 15) is 0 Å². The second-order valence-electron chi connectivity index (χ2n) is 2.63. The third-order valence-corrected chi connectivity index (χ3v) is 2.06. The molecule has 0 saturated carbocycles. The van der Waals surface area contributed by atoms with Crippen molar-refractivity contribution in [2.24, 2.45) is 0 Å². The Morgan fingerprint density at radius 3 is 3.29 bits per heavy atom. The molecule has 0 radical (unpaired) electrons. The van der Waals surface area contributed by atoms with Gasteiger partial charge < -0.3 is 5.32 Å². The molecule has 2 aromatic heterocycles. The maximum atomic E-state index is 7.17. The van der Waals surface area contributed by atoms with Crippen LogP contribution in [0, 0.1) is 0 Å². The standard InChI is InChI=1S/C9H9ClN4/c1-11-8-7(13-14-9(8)10)6-3-2-4-12-5-6/h2-5,11H,1H3,(H,13,14)/i1D3. The Morgan fingerprint density at radius 1 is 1.64 bits per heavy atom. The molecule has 0 bridgehead atoms. The minimum Gasteiger partial charge on any atom is -0.384 e. The van der Waals surface area contributed by atoms with Crippen molar-refractivity contribution >= 4 is 17.3 Å². The van der Waals surface area contributed by atoms with E-state index in [0.29, 0.717) is 11.3 Å². The molecule has 2 N–H and O–H groups in total. The first kappa shape index (κ1) is 6.03. The molecule has 0 aliphatic rings. The van der Waals surface area contributed by atoms with Crippen LogP contribution in [-0.2, 0) is 0 Å². The third-order valence-electron chi connectivity index (χ3n) is 1.78. The average Bonchev–Trinajstić information content (AvgIpc) is 2.60. The van der Waals surface area contributed by atoms with Crippen LogP contribution in [0.4, 0.5) is 5.69 Å². The van der Waals surface area contributed by atoms with Gasteiger partial charge in [0.2, 0.25) is 0 Å². The van der Waals surface area contributed by atoms with Gasteiger partial charge in [-0.3, -0.25) is 10.1 Å². The number of H-pyrrole nitrogens is 1. The summed E-state index contributed by atoms with van der Waals surface area (Å²) in [4.78, 5) is 3.94. The number of halogens is 1. The van der Waals surface area contributed by atoms with Crippen molar-refractivity contribution in [3.63, 3.8) is 0 Å². The van der Waals surface area contributed by atoms with E-state index in [1.54, 1.807) is 24.5 Å². The molecule has 0 atom stereocenters. The number of pyridine rings is 1. The molecule has 2 aromatic rings. The van der Waals surface area contributed by atoms with Crippen molar-refractivity contribution < 1.29 is 4.11 Å². The molecule has 0 aromatic carbocycles. The van der Waals surface area contributed by atoms with E-state index in [1.165, 1.54) is 0 Å². The fourth-order valence-corrected chi connectivity index (χ4v) is 1.33. The molecule has 2 rings (SSSR count). The third kappa shape index (κ3) is 1.44. The molecular formula is C9H9ClN4. The number of aromatic amines is 1. The molecule has 5 heteroatoms. The van der Waals surface area contributed by atoms with Gasteiger partial charge in [-0.05, 0) is 12.1 Å². The number of nitrogens with one attached hydrogen (secondary N) is 2. The monoisotopic (exact) mass is 211 g/mol. The van der Waals surface area contributed by atoms with Crippen molar-refractivity contribution in [1.82, 2.24) is 15.2 Å². The molecule has 4 nitrogen and oxygen atoms in total. The topological polar surface area (TPSA) is 53.6 Å². The quantitative estimate of drug-likeness (QED) is 0.801. The molecule has 2 heterocycles. The van der Waals surface area contributed by atoms with Gasteiger partial charge in [0.15, 0.2) is 0 Å². The fourth-order valence-electron chi connectivity index (χ4n) is 1.15. The zero-order chi connectivity index (χ0) is 12.5. The van der Waals surface area contributed by atoms with E-state index < -0.39 is 6.98 Å². The average molecular weight is 212 g/mol. The maximum Gasteiger partial charge on any atom is 0.148 e. The van der Waals surface area contributed by atoms with Crippen molar-refractivity contribution in [2.75, 3.05) is 12.3 Å². The first-order valence-electron chi connectivity index (χ1n) is 5.40. The summed E-state index contributed by atoms with van der Waals surface area (Å²) < 4.78 is 21.5. The summed E-state index contributed by atoms with van der Waals surface area (Å²) in [6.07, 6.45) is 3.20. The minimum absolute atomic E-state index is 0.153. The molecular weight excluding hydrogens is 200 g/mol. The smallest absolute Gasteiger partial charge is 0.148 e. The summed E-state index contributed by atoms with van der Waals surface area (Å²) in [6.45, 7) is -2.33. The summed E-state index contributed by atoms with van der Waals surface area (Å²) in [5.41, 5.74) is 1.36. The van der Waals surface area contributed by atoms with Crippen LogP contribution in [0.25, 0.3) is 11.3 Å². The Morgan fingerprint density at radius 2 is 2.57 bits per heavy atom. The summed E-state index contributed by atoms with van der Waals surface area (Å²) in [7, 11) is 0. The Kier molecular flexibility index (Phi) is 1.58. The predicted molar refractivity (Wildman–Crippen MR) is 56.4 cm³/mol. The van der Waals surface area contributed by atoms with Crippen LogP contribution in [0.1, 0.15) is 4.11 Å². The Labute approximate surface area is 90.5 Å². The zero-order valence-electron chi connectivity index (χ0n) is 10.1. The minimum atomic E-state index is -2.33. The lowest BCUT2D eigenvalue weighted by atomic mass is 10.2. The summed E-state index contributed by atoms with van der Waals surface area (Å²) >= 11 is 5.85. The number of rotatable bonds is 2. The number of anilines is 1. The molecule has 0 spiro atoms. The molecule has 0 amide bonds. The Bertz CT molecular complexity index is 509. The van der Waals surface area contributed by atoms with Crippen LogP contribution in [-0.4, -0.2) is 22.2 Å². The number of aromatic nitrogens is 3. The van der Waals surface area contributed by atoms with Gasteiger partial charge in [-0.25, -0.2) is 0 Å². The Hall–Kier alpha value is -1.55. The number of hydrogen-bond acceptors (Lipinski definition) is 3. The van der Waals surface area contributed by atoms with Crippen LogP contribution >= 0.6 is 11.6 Å². The maximum absolute atomic E-state index is 7.17. The molecule has 14 heavy (non-hydrogen) atoms. The highest BCUT2D eigenvalue weighted by atomic mass is 35.5. The van der Waals surface area contributed by atoms with Gasteiger partial charge in [-0.2, -0.15) is 5.10 Å². The van der Waals surface area contributed by atoms with Gasteiger partial charge in [0.1, 0.15) is 10.8 Å². The van der Waals surface area contributed by atoms with E-state index in [1.807, 2.05) is 0 Å². The van der Waals surface area contributed by atoms with Gasteiger partial charge in [-0.15, -0.1) is 0 Å². The van der Waals surface area contributed by atoms with Crippen molar-refractivity contribution in [3.05, 3.63) is 29.7 Å². The second kappa shape index (κ2) is 3.67. The van der Waals surface area contributed by atoms with Crippen molar-refractivity contribution in [1.29, 1.82) is 0 Å². The largest absolute Gasteiger partial charge is 0.384 e. The van der Waals surface area contributed by atoms with E-state index in [4.69, 9.17) is 15.7 Å². The number of hydrogen-bond donors (Lipinski definition) is 2. The highest BCUT2D eigenvalue weighted by molar-refractivity contribution is 6.32. The summed E-state index contributed by atoms with van der Waals surface area (Å²) in [5, 5.41) is 8.99. The molecule has 0 saturated heterocycles. The van der Waals surface area contributed by atoms with Crippen LogP contribution < -0.4 is 5.32 Å². The van der Waals surface area contributed by atoms with Gasteiger partial charge in [0.05, 0.1) is 5.69 Å². The van der Waals surface area contributed by atoms with Crippen LogP contribution in [0.3, 0.4) is 0 Å². The fraction of sp³-hybridized carbons (Fsp3) is 0.111. The van der Waals surface area contributed by atoms with Crippen LogP contribution in [0.5, 0.6) is 0 Å². The summed E-state index contributed by atoms with van der Waals surface area (Å²) in [5.74, 6) is 0. The van der Waals surface area contributed by atoms with Crippen molar-refractivity contribution in [3.8, 4) is 11.3 Å². The highest BCUT2D eigenvalue weighted by Crippen LogP contribution is 2.30. The van der Waals surface area contributed by atoms with E-state index >= 15 is 0 Å². The summed E-state index contributed by atoms with van der Waals surface area (Å²) in [6, 6.07) is 3.50. The lowest BCUT2D eigenvalue weighted by Gasteiger charge is -2.00. The van der Waals surface area contributed by atoms with Crippen molar-refractivity contribution in [2.45, 2.75) is 0 Å². The normalized spacial score (nSPS) is 14.2. The predicted octanol–water partition coefficient (Wildman–Crippen LogP) is 2.17. The lowest BCUT2D eigenvalue weighted by Crippen LogP contribution is -1.89. The van der Waals surface area contributed by atoms with Crippen LogP contribution in [0.2, 0.25) is 5.15 Å². The van der Waals surface area contributed by atoms with Gasteiger partial charge in [0, 0.05) is 29.0 Å². The first-order valence-corrected chi connectivity index (χ1v) is 4.27. The highest BCUT2D eigenvalue weighted by Gasteiger charge is 2.11. The lowest BCUT2D eigenvalue weighted by molar-refractivity contribution is 1.09. The van der Waals surface area contributed by atoms with Gasteiger partial charge in [0.25, 0.3) is 0 Å². The number of nitrogens with zero attached hydrogens (tertiary/aromatic N) is 2. The SMILES string of the molecule is [2H]C([2H])([2H])Nc1c(-c2cccnc2)n[nH]c1Cl. The molecule has 0 fully saturated rings. The van der Waals surface area contributed by atoms with Gasteiger partial charge >= 0.3 is 0 Å². The first-order chi connectivity index (χ1) is 7.97. The van der Waals surface area contributed by atoms with E-state index in [2.05, 4.69) is 20.5 Å². The second-order valence-corrected chi connectivity index (χ2v) is 3.01. The molecule has 0 aliphatic heterocycles.